The molecule has 182 valence electrons. The zero-order chi connectivity index (χ0) is 24.5. The average Bonchev–Trinajstić information content (AvgIpc) is 3.51. The van der Waals surface area contributed by atoms with Crippen molar-refractivity contribution in [2.75, 3.05) is 6.54 Å². The fraction of sp³-hybridized carbons (Fsp3) is 0.333. The highest BCUT2D eigenvalue weighted by molar-refractivity contribution is 7.98. The van der Waals surface area contributed by atoms with E-state index in [1.807, 2.05) is 35.7 Å². The Morgan fingerprint density at radius 1 is 1.03 bits per heavy atom. The number of carbonyl (C=O) groups excluding carboxylic acids is 1. The van der Waals surface area contributed by atoms with Gasteiger partial charge in [0.1, 0.15) is 16.5 Å². The Bertz CT molecular complexity index is 1240. The molecule has 0 saturated heterocycles. The molecule has 0 atom stereocenters. The third-order valence-electron chi connectivity index (χ3n) is 5.69. The van der Waals surface area contributed by atoms with Gasteiger partial charge in [-0.3, -0.25) is 9.36 Å². The molecule has 0 spiro atoms. The van der Waals surface area contributed by atoms with Gasteiger partial charge in [-0.2, -0.15) is 0 Å². The predicted octanol–water partition coefficient (Wildman–Crippen LogP) is 6.23. The monoisotopic (exact) mass is 505 g/mol. The Labute approximate surface area is 215 Å². The molecule has 8 heteroatoms. The number of thiazole rings is 1. The quantitative estimate of drug-likeness (QED) is 0.183. The Morgan fingerprint density at radius 3 is 2.63 bits per heavy atom. The molecule has 2 heterocycles. The van der Waals surface area contributed by atoms with Gasteiger partial charge in [-0.15, -0.1) is 21.5 Å². The second-order valence-electron chi connectivity index (χ2n) is 8.41. The van der Waals surface area contributed by atoms with Gasteiger partial charge in [0.25, 0.3) is 5.91 Å². The van der Waals surface area contributed by atoms with E-state index in [0.717, 1.165) is 40.1 Å². The standard InChI is InChI=1S/C27H31N5OS2/c1-3-4-5-11-16-28-26(33)22-18-34-25(29-22)19-35-27-31-30-24(17-21-13-7-6-8-14-21)32(27)23-15-10-9-12-20(23)2/h6-10,12-15,18H,3-5,11,16-17,19H2,1-2H3,(H,28,33). The molecule has 1 N–H and O–H groups in total. The first-order chi connectivity index (χ1) is 17.2. The van der Waals surface area contributed by atoms with E-state index in [-0.39, 0.29) is 5.91 Å². The van der Waals surface area contributed by atoms with Crippen LogP contribution in [0.5, 0.6) is 0 Å². The zero-order valence-electron chi connectivity index (χ0n) is 20.2. The van der Waals surface area contributed by atoms with Gasteiger partial charge in [0.15, 0.2) is 5.16 Å². The first-order valence-corrected chi connectivity index (χ1v) is 13.9. The van der Waals surface area contributed by atoms with E-state index in [1.165, 1.54) is 29.7 Å². The van der Waals surface area contributed by atoms with Crippen molar-refractivity contribution in [2.24, 2.45) is 0 Å². The molecular weight excluding hydrogens is 474 g/mol. The van der Waals surface area contributed by atoms with E-state index < -0.39 is 0 Å². The highest BCUT2D eigenvalue weighted by atomic mass is 32.2. The third-order valence-corrected chi connectivity index (χ3v) is 7.66. The minimum absolute atomic E-state index is 0.0952. The summed E-state index contributed by atoms with van der Waals surface area (Å²) in [7, 11) is 0. The number of rotatable bonds is 12. The maximum Gasteiger partial charge on any atom is 0.270 e. The number of para-hydroxylation sites is 1. The first-order valence-electron chi connectivity index (χ1n) is 12.1. The molecule has 4 rings (SSSR count). The molecule has 1 amide bonds. The average molecular weight is 506 g/mol. The molecule has 0 bridgehead atoms. The van der Waals surface area contributed by atoms with Crippen LogP contribution in [-0.4, -0.2) is 32.2 Å². The zero-order valence-corrected chi connectivity index (χ0v) is 21.9. The Kier molecular flexibility index (Phi) is 9.08. The van der Waals surface area contributed by atoms with Crippen LogP contribution in [0.25, 0.3) is 5.69 Å². The molecule has 2 aromatic carbocycles. The topological polar surface area (TPSA) is 72.7 Å². The van der Waals surface area contributed by atoms with E-state index in [4.69, 9.17) is 0 Å². The van der Waals surface area contributed by atoms with E-state index >= 15 is 0 Å². The molecule has 0 unspecified atom stereocenters. The van der Waals surface area contributed by atoms with E-state index in [0.29, 0.717) is 24.4 Å². The van der Waals surface area contributed by atoms with Crippen LogP contribution >= 0.6 is 23.1 Å². The maximum absolute atomic E-state index is 12.4. The number of aromatic nitrogens is 4. The number of hydrogen-bond donors (Lipinski definition) is 1. The van der Waals surface area contributed by atoms with Gasteiger partial charge >= 0.3 is 0 Å². The molecule has 0 aliphatic heterocycles. The van der Waals surface area contributed by atoms with Crippen molar-refractivity contribution in [1.82, 2.24) is 25.1 Å². The first kappa shape index (κ1) is 25.1. The van der Waals surface area contributed by atoms with Gasteiger partial charge < -0.3 is 5.32 Å². The Balaban J connectivity index is 1.46. The lowest BCUT2D eigenvalue weighted by molar-refractivity contribution is 0.0948. The summed E-state index contributed by atoms with van der Waals surface area (Å²) in [5, 5.41) is 15.6. The van der Waals surface area contributed by atoms with Crippen molar-refractivity contribution >= 4 is 29.0 Å². The number of hydrogen-bond acceptors (Lipinski definition) is 6. The van der Waals surface area contributed by atoms with Crippen molar-refractivity contribution in [2.45, 2.75) is 56.9 Å². The van der Waals surface area contributed by atoms with E-state index in [9.17, 15) is 4.79 Å². The second-order valence-corrected chi connectivity index (χ2v) is 10.3. The van der Waals surface area contributed by atoms with Crippen molar-refractivity contribution in [3.05, 3.63) is 87.6 Å². The van der Waals surface area contributed by atoms with Crippen LogP contribution in [0.2, 0.25) is 0 Å². The third kappa shape index (κ3) is 6.80. The number of nitrogens with one attached hydrogen (secondary N) is 1. The van der Waals surface area contributed by atoms with Crippen molar-refractivity contribution in [3.8, 4) is 5.69 Å². The number of nitrogens with zero attached hydrogens (tertiary/aromatic N) is 4. The fourth-order valence-corrected chi connectivity index (χ4v) is 5.55. The summed E-state index contributed by atoms with van der Waals surface area (Å²) in [6.07, 6.45) is 5.24. The highest BCUT2D eigenvalue weighted by Crippen LogP contribution is 2.28. The van der Waals surface area contributed by atoms with Crippen LogP contribution in [0, 0.1) is 6.92 Å². The maximum atomic E-state index is 12.4. The summed E-state index contributed by atoms with van der Waals surface area (Å²) in [4.78, 5) is 17.0. The normalized spacial score (nSPS) is 11.0. The SMILES string of the molecule is CCCCCCNC(=O)c1csc(CSc2nnc(Cc3ccccc3)n2-c2ccccc2C)n1. The summed E-state index contributed by atoms with van der Waals surface area (Å²) in [5.41, 5.74) is 3.92. The summed E-state index contributed by atoms with van der Waals surface area (Å²) in [5.74, 6) is 1.43. The van der Waals surface area contributed by atoms with Crippen molar-refractivity contribution in [1.29, 1.82) is 0 Å². The van der Waals surface area contributed by atoms with Crippen LogP contribution in [0.4, 0.5) is 0 Å². The largest absolute Gasteiger partial charge is 0.351 e. The lowest BCUT2D eigenvalue weighted by Gasteiger charge is -2.12. The molecular formula is C27H31N5OS2. The van der Waals surface area contributed by atoms with E-state index in [1.54, 1.807) is 11.8 Å². The minimum atomic E-state index is -0.0952. The summed E-state index contributed by atoms with van der Waals surface area (Å²) >= 11 is 3.10. The highest BCUT2D eigenvalue weighted by Gasteiger charge is 2.18. The molecule has 0 radical (unpaired) electrons. The molecule has 0 fully saturated rings. The second kappa shape index (κ2) is 12.7. The van der Waals surface area contributed by atoms with Gasteiger partial charge in [-0.25, -0.2) is 4.98 Å². The molecule has 0 aliphatic rings. The van der Waals surface area contributed by atoms with Gasteiger partial charge in [-0.05, 0) is 30.5 Å². The number of carbonyl (C=O) groups is 1. The van der Waals surface area contributed by atoms with Crippen LogP contribution < -0.4 is 5.32 Å². The van der Waals surface area contributed by atoms with Crippen LogP contribution in [0.3, 0.4) is 0 Å². The van der Waals surface area contributed by atoms with Gasteiger partial charge in [0.05, 0.1) is 11.4 Å². The van der Waals surface area contributed by atoms with Gasteiger partial charge in [0.2, 0.25) is 0 Å². The minimum Gasteiger partial charge on any atom is -0.351 e. The lowest BCUT2D eigenvalue weighted by Crippen LogP contribution is -2.24. The molecule has 6 nitrogen and oxygen atoms in total. The van der Waals surface area contributed by atoms with Crippen LogP contribution in [0.15, 0.2) is 65.1 Å². The Hall–Kier alpha value is -2.97. The Morgan fingerprint density at radius 2 is 1.83 bits per heavy atom. The predicted molar refractivity (Wildman–Crippen MR) is 143 cm³/mol. The number of benzene rings is 2. The molecule has 2 aromatic heterocycles. The molecule has 0 aliphatic carbocycles. The van der Waals surface area contributed by atoms with Crippen molar-refractivity contribution in [3.63, 3.8) is 0 Å². The van der Waals surface area contributed by atoms with Gasteiger partial charge in [-0.1, -0.05) is 86.5 Å². The summed E-state index contributed by atoms with van der Waals surface area (Å²) < 4.78 is 2.14. The molecule has 4 aromatic rings. The van der Waals surface area contributed by atoms with Crippen LogP contribution in [0.1, 0.15) is 65.1 Å². The number of thioether (sulfide) groups is 1. The molecule has 0 saturated carbocycles. The van der Waals surface area contributed by atoms with E-state index in [2.05, 4.69) is 63.2 Å². The van der Waals surface area contributed by atoms with Crippen molar-refractivity contribution < 1.29 is 4.79 Å². The summed E-state index contributed by atoms with van der Waals surface area (Å²) in [6.45, 7) is 4.98. The number of unbranched alkanes of at least 4 members (excludes halogenated alkanes) is 3. The van der Waals surface area contributed by atoms with Crippen LogP contribution in [-0.2, 0) is 12.2 Å². The lowest BCUT2D eigenvalue weighted by atomic mass is 10.1. The number of aryl methyl sites for hydroxylation is 1. The fourth-order valence-electron chi connectivity index (χ4n) is 3.80. The smallest absolute Gasteiger partial charge is 0.270 e. The van der Waals surface area contributed by atoms with Gasteiger partial charge in [0, 0.05) is 18.3 Å². The molecule has 35 heavy (non-hydrogen) atoms. The summed E-state index contributed by atoms with van der Waals surface area (Å²) in [6, 6.07) is 18.6. The number of amides is 1.